The van der Waals surface area contributed by atoms with Gasteiger partial charge in [0.15, 0.2) is 0 Å². The fourth-order valence-electron chi connectivity index (χ4n) is 1.49. The first-order valence-electron chi connectivity index (χ1n) is 4.78. The second kappa shape index (κ2) is 4.36. The Morgan fingerprint density at radius 3 is 2.57 bits per heavy atom. The Morgan fingerprint density at radius 2 is 2.07 bits per heavy atom. The molecular weight excluding hydrogens is 177 g/mol. The number of aliphatic imine (C=N–C) groups is 1. The molecule has 0 saturated carbocycles. The molecule has 0 spiro atoms. The van der Waals surface area contributed by atoms with Crippen LogP contribution in [0.3, 0.4) is 0 Å². The first kappa shape index (κ1) is 10.9. The molecule has 0 amide bonds. The van der Waals surface area contributed by atoms with E-state index in [1.54, 1.807) is 0 Å². The summed E-state index contributed by atoms with van der Waals surface area (Å²) in [6.07, 6.45) is 0. The molecule has 1 aromatic carbocycles. The standard InChI is InChI=1S/C12H16FN/c1-8(2)10-6-5-9(3)11(7-14-4)12(10)13/h5-6,8H,4,7H2,1-3H3. The molecule has 0 heterocycles. The van der Waals surface area contributed by atoms with Gasteiger partial charge in [0, 0.05) is 5.56 Å². The van der Waals surface area contributed by atoms with Crippen LogP contribution in [0.1, 0.15) is 36.5 Å². The Labute approximate surface area is 84.7 Å². The van der Waals surface area contributed by atoms with Crippen LogP contribution in [0.2, 0.25) is 0 Å². The molecule has 0 N–H and O–H groups in total. The van der Waals surface area contributed by atoms with Crippen LogP contribution in [0.15, 0.2) is 17.1 Å². The maximum Gasteiger partial charge on any atom is 0.131 e. The summed E-state index contributed by atoms with van der Waals surface area (Å²) >= 11 is 0. The zero-order chi connectivity index (χ0) is 10.7. The van der Waals surface area contributed by atoms with Gasteiger partial charge in [-0.2, -0.15) is 0 Å². The number of benzene rings is 1. The molecule has 2 heteroatoms. The van der Waals surface area contributed by atoms with Crippen LogP contribution in [0.25, 0.3) is 0 Å². The van der Waals surface area contributed by atoms with Crippen LogP contribution in [0.4, 0.5) is 4.39 Å². The Morgan fingerprint density at radius 1 is 1.43 bits per heavy atom. The second-order valence-electron chi connectivity index (χ2n) is 3.80. The molecule has 14 heavy (non-hydrogen) atoms. The predicted octanol–water partition coefficient (Wildman–Crippen LogP) is 3.46. The van der Waals surface area contributed by atoms with Crippen LogP contribution < -0.4 is 0 Å². The molecule has 0 bridgehead atoms. The number of rotatable bonds is 3. The lowest BCUT2D eigenvalue weighted by Crippen LogP contribution is -2.00. The van der Waals surface area contributed by atoms with E-state index in [0.717, 1.165) is 11.1 Å². The number of hydrogen-bond donors (Lipinski definition) is 0. The van der Waals surface area contributed by atoms with E-state index in [1.807, 2.05) is 32.9 Å². The molecule has 0 unspecified atom stereocenters. The summed E-state index contributed by atoms with van der Waals surface area (Å²) in [7, 11) is 0. The normalized spacial score (nSPS) is 10.6. The van der Waals surface area contributed by atoms with Gasteiger partial charge in [0.2, 0.25) is 0 Å². The summed E-state index contributed by atoms with van der Waals surface area (Å²) in [5.41, 5.74) is 2.37. The highest BCUT2D eigenvalue weighted by Crippen LogP contribution is 2.24. The highest BCUT2D eigenvalue weighted by atomic mass is 19.1. The van der Waals surface area contributed by atoms with Crippen molar-refractivity contribution in [3.05, 3.63) is 34.6 Å². The van der Waals surface area contributed by atoms with Gasteiger partial charge in [-0.3, -0.25) is 4.99 Å². The second-order valence-corrected chi connectivity index (χ2v) is 3.80. The average Bonchev–Trinajstić information content (AvgIpc) is 2.11. The number of hydrogen-bond acceptors (Lipinski definition) is 1. The Bertz CT molecular complexity index is 342. The third-order valence-corrected chi connectivity index (χ3v) is 2.40. The van der Waals surface area contributed by atoms with Crippen molar-refractivity contribution in [2.75, 3.05) is 0 Å². The molecule has 1 aromatic rings. The fraction of sp³-hybridized carbons (Fsp3) is 0.417. The molecule has 0 aliphatic heterocycles. The molecule has 0 aliphatic rings. The molecule has 0 aliphatic carbocycles. The SMILES string of the molecule is C=NCc1c(C)ccc(C(C)C)c1F. The average molecular weight is 193 g/mol. The van der Waals surface area contributed by atoms with Crippen molar-refractivity contribution in [3.8, 4) is 0 Å². The van der Waals surface area contributed by atoms with Gasteiger partial charge >= 0.3 is 0 Å². The largest absolute Gasteiger partial charge is 0.296 e. The maximum absolute atomic E-state index is 13.9. The van der Waals surface area contributed by atoms with E-state index in [1.165, 1.54) is 0 Å². The molecule has 0 aromatic heterocycles. The van der Waals surface area contributed by atoms with Crippen molar-refractivity contribution in [1.29, 1.82) is 0 Å². The Hall–Kier alpha value is -1.18. The van der Waals surface area contributed by atoms with Crippen LogP contribution in [0.5, 0.6) is 0 Å². The summed E-state index contributed by atoms with van der Waals surface area (Å²) < 4.78 is 13.9. The first-order chi connectivity index (χ1) is 6.57. The minimum Gasteiger partial charge on any atom is -0.296 e. The van der Waals surface area contributed by atoms with Gasteiger partial charge in [-0.25, -0.2) is 4.39 Å². The molecule has 76 valence electrons. The summed E-state index contributed by atoms with van der Waals surface area (Å²) in [6.45, 7) is 9.62. The fourth-order valence-corrected chi connectivity index (χ4v) is 1.49. The van der Waals surface area contributed by atoms with Crippen molar-refractivity contribution < 1.29 is 4.39 Å². The van der Waals surface area contributed by atoms with Crippen LogP contribution in [-0.2, 0) is 6.54 Å². The van der Waals surface area contributed by atoms with Gasteiger partial charge in [-0.15, -0.1) is 0 Å². The minimum absolute atomic E-state index is 0.118. The maximum atomic E-state index is 13.9. The van der Waals surface area contributed by atoms with E-state index in [-0.39, 0.29) is 11.7 Å². The molecular formula is C12H16FN. The lowest BCUT2D eigenvalue weighted by molar-refractivity contribution is 0.581. The van der Waals surface area contributed by atoms with Gasteiger partial charge in [0.1, 0.15) is 5.82 Å². The van der Waals surface area contributed by atoms with Gasteiger partial charge in [-0.1, -0.05) is 26.0 Å². The zero-order valence-electron chi connectivity index (χ0n) is 8.97. The first-order valence-corrected chi connectivity index (χ1v) is 4.78. The zero-order valence-corrected chi connectivity index (χ0v) is 8.97. The highest BCUT2D eigenvalue weighted by Gasteiger charge is 2.12. The third kappa shape index (κ3) is 2.00. The summed E-state index contributed by atoms with van der Waals surface area (Å²) in [4.78, 5) is 3.74. The molecule has 0 atom stereocenters. The van der Waals surface area contributed by atoms with E-state index < -0.39 is 0 Å². The quantitative estimate of drug-likeness (QED) is 0.652. The summed E-state index contributed by atoms with van der Waals surface area (Å²) in [5.74, 6) is 0.0894. The third-order valence-electron chi connectivity index (χ3n) is 2.40. The van der Waals surface area contributed by atoms with E-state index in [4.69, 9.17) is 0 Å². The molecule has 0 fully saturated rings. The number of aryl methyl sites for hydroxylation is 1. The van der Waals surface area contributed by atoms with E-state index in [0.29, 0.717) is 12.1 Å². The van der Waals surface area contributed by atoms with Crippen LogP contribution in [0, 0.1) is 12.7 Å². The molecule has 0 saturated heterocycles. The van der Waals surface area contributed by atoms with Crippen molar-refractivity contribution >= 4 is 6.72 Å². The van der Waals surface area contributed by atoms with E-state index in [2.05, 4.69) is 11.7 Å². The molecule has 1 nitrogen and oxygen atoms in total. The van der Waals surface area contributed by atoms with E-state index >= 15 is 0 Å². The van der Waals surface area contributed by atoms with Gasteiger partial charge in [-0.05, 0) is 30.7 Å². The predicted molar refractivity (Wildman–Crippen MR) is 58.5 cm³/mol. The monoisotopic (exact) mass is 193 g/mol. The summed E-state index contributed by atoms with van der Waals surface area (Å²) in [5, 5.41) is 0. The van der Waals surface area contributed by atoms with Crippen molar-refractivity contribution in [2.24, 2.45) is 4.99 Å². The topological polar surface area (TPSA) is 12.4 Å². The Balaban J connectivity index is 3.25. The van der Waals surface area contributed by atoms with Crippen LogP contribution >= 0.6 is 0 Å². The van der Waals surface area contributed by atoms with E-state index in [9.17, 15) is 4.39 Å². The van der Waals surface area contributed by atoms with Gasteiger partial charge in [0.25, 0.3) is 0 Å². The van der Waals surface area contributed by atoms with Crippen molar-refractivity contribution in [3.63, 3.8) is 0 Å². The number of halogens is 1. The van der Waals surface area contributed by atoms with Crippen molar-refractivity contribution in [2.45, 2.75) is 33.2 Å². The summed E-state index contributed by atoms with van der Waals surface area (Å²) in [6, 6.07) is 3.79. The smallest absolute Gasteiger partial charge is 0.131 e. The van der Waals surface area contributed by atoms with Gasteiger partial charge in [0.05, 0.1) is 6.54 Å². The highest BCUT2D eigenvalue weighted by molar-refractivity contribution is 5.36. The minimum atomic E-state index is -0.118. The molecule has 1 rings (SSSR count). The Kier molecular flexibility index (Phi) is 3.39. The van der Waals surface area contributed by atoms with Crippen LogP contribution in [-0.4, -0.2) is 6.72 Å². The number of nitrogens with zero attached hydrogens (tertiary/aromatic N) is 1. The lowest BCUT2D eigenvalue weighted by atomic mass is 9.97. The molecule has 0 radical (unpaired) electrons. The van der Waals surface area contributed by atoms with Gasteiger partial charge < -0.3 is 0 Å². The van der Waals surface area contributed by atoms with Crippen molar-refractivity contribution in [1.82, 2.24) is 0 Å². The lowest BCUT2D eigenvalue weighted by Gasteiger charge is -2.12.